The van der Waals surface area contributed by atoms with Crippen molar-refractivity contribution in [3.8, 4) is 0 Å². The van der Waals surface area contributed by atoms with E-state index in [1.807, 2.05) is 6.07 Å². The number of aliphatic imine (C=N–C) groups is 1. The van der Waals surface area contributed by atoms with Gasteiger partial charge in [-0.2, -0.15) is 0 Å². The number of rotatable bonds is 5. The number of piperidine rings is 1. The quantitative estimate of drug-likeness (QED) is 0.659. The molecule has 1 aromatic rings. The summed E-state index contributed by atoms with van der Waals surface area (Å²) >= 11 is 0. The van der Waals surface area contributed by atoms with E-state index >= 15 is 0 Å². The van der Waals surface area contributed by atoms with Gasteiger partial charge in [-0.1, -0.05) is 30.3 Å². The fourth-order valence-electron chi connectivity index (χ4n) is 2.53. The molecule has 0 aliphatic carbocycles. The van der Waals surface area contributed by atoms with Crippen molar-refractivity contribution in [1.29, 1.82) is 0 Å². The smallest absolute Gasteiger partial charge is 0.191 e. The van der Waals surface area contributed by atoms with Crippen molar-refractivity contribution >= 4 is 5.96 Å². The first-order valence-electron chi connectivity index (χ1n) is 7.53. The molecule has 2 N–H and O–H groups in total. The summed E-state index contributed by atoms with van der Waals surface area (Å²) in [5.41, 5.74) is 7.38. The van der Waals surface area contributed by atoms with Gasteiger partial charge in [-0.05, 0) is 31.9 Å². The molecular formula is C16H26N4. The summed E-state index contributed by atoms with van der Waals surface area (Å²) in [5, 5.41) is 0. The maximum Gasteiger partial charge on any atom is 0.191 e. The summed E-state index contributed by atoms with van der Waals surface area (Å²) in [7, 11) is 2.12. The van der Waals surface area contributed by atoms with Crippen molar-refractivity contribution in [3.63, 3.8) is 0 Å². The molecule has 0 atom stereocenters. The molecule has 1 aromatic carbocycles. The lowest BCUT2D eigenvalue weighted by Gasteiger charge is -2.27. The topological polar surface area (TPSA) is 44.9 Å². The molecule has 1 aliphatic heterocycles. The molecule has 0 bridgehead atoms. The van der Waals surface area contributed by atoms with E-state index in [9.17, 15) is 0 Å². The molecule has 1 aliphatic rings. The van der Waals surface area contributed by atoms with Crippen molar-refractivity contribution < 1.29 is 0 Å². The molecule has 0 radical (unpaired) electrons. The minimum Gasteiger partial charge on any atom is -0.370 e. The lowest BCUT2D eigenvalue weighted by Crippen LogP contribution is -2.41. The summed E-state index contributed by atoms with van der Waals surface area (Å²) in [6, 6.07) is 10.5. The fraction of sp³-hybridized carbons (Fsp3) is 0.562. The minimum absolute atomic E-state index is 0.720. The SMILES string of the molecule is CN(CCN=C(N)N1CCCCC1)Cc1ccccc1. The van der Waals surface area contributed by atoms with E-state index in [4.69, 9.17) is 5.73 Å². The van der Waals surface area contributed by atoms with Crippen LogP contribution in [0.5, 0.6) is 0 Å². The zero-order valence-corrected chi connectivity index (χ0v) is 12.5. The second kappa shape index (κ2) is 7.90. The standard InChI is InChI=1S/C16H26N4/c1-19(14-15-8-4-2-5-9-15)13-10-18-16(17)20-11-6-3-7-12-20/h2,4-5,8-9H,3,6-7,10-14H2,1H3,(H2,17,18). The zero-order chi connectivity index (χ0) is 14.2. The van der Waals surface area contributed by atoms with Crippen LogP contribution in [0.4, 0.5) is 0 Å². The van der Waals surface area contributed by atoms with Crippen LogP contribution in [-0.2, 0) is 6.54 Å². The number of hydrogen-bond acceptors (Lipinski definition) is 2. The first kappa shape index (κ1) is 14.9. The van der Waals surface area contributed by atoms with Gasteiger partial charge < -0.3 is 15.5 Å². The van der Waals surface area contributed by atoms with Crippen LogP contribution in [0, 0.1) is 0 Å². The maximum absolute atomic E-state index is 6.04. The normalized spacial score (nSPS) is 16.7. The van der Waals surface area contributed by atoms with Crippen LogP contribution in [0.15, 0.2) is 35.3 Å². The molecule has 0 unspecified atom stereocenters. The van der Waals surface area contributed by atoms with E-state index in [1.54, 1.807) is 0 Å². The van der Waals surface area contributed by atoms with Gasteiger partial charge in [0.25, 0.3) is 0 Å². The van der Waals surface area contributed by atoms with E-state index in [1.165, 1.54) is 24.8 Å². The van der Waals surface area contributed by atoms with Crippen molar-refractivity contribution in [1.82, 2.24) is 9.80 Å². The van der Waals surface area contributed by atoms with Crippen LogP contribution in [-0.4, -0.2) is 49.0 Å². The highest BCUT2D eigenvalue weighted by Gasteiger charge is 2.11. The third kappa shape index (κ3) is 4.85. The number of likely N-dealkylation sites (tertiary alicyclic amines) is 1. The Morgan fingerprint density at radius 3 is 2.60 bits per heavy atom. The largest absolute Gasteiger partial charge is 0.370 e. The van der Waals surface area contributed by atoms with Crippen LogP contribution in [0.3, 0.4) is 0 Å². The monoisotopic (exact) mass is 274 g/mol. The third-order valence-corrected chi connectivity index (χ3v) is 3.73. The van der Waals surface area contributed by atoms with E-state index in [0.717, 1.165) is 38.7 Å². The lowest BCUT2D eigenvalue weighted by molar-refractivity contribution is 0.327. The maximum atomic E-state index is 6.04. The summed E-state index contributed by atoms with van der Waals surface area (Å²) in [6.45, 7) is 4.79. The average molecular weight is 274 g/mol. The van der Waals surface area contributed by atoms with Crippen molar-refractivity contribution in [3.05, 3.63) is 35.9 Å². The van der Waals surface area contributed by atoms with Crippen molar-refractivity contribution in [2.75, 3.05) is 33.2 Å². The molecular weight excluding hydrogens is 248 g/mol. The summed E-state index contributed by atoms with van der Waals surface area (Å²) < 4.78 is 0. The summed E-state index contributed by atoms with van der Waals surface area (Å²) in [6.07, 6.45) is 3.80. The first-order valence-corrected chi connectivity index (χ1v) is 7.53. The Morgan fingerprint density at radius 1 is 1.20 bits per heavy atom. The van der Waals surface area contributed by atoms with Crippen LogP contribution in [0.2, 0.25) is 0 Å². The third-order valence-electron chi connectivity index (χ3n) is 3.73. The van der Waals surface area contributed by atoms with Gasteiger partial charge >= 0.3 is 0 Å². The van der Waals surface area contributed by atoms with Gasteiger partial charge in [0.1, 0.15) is 0 Å². The molecule has 110 valence electrons. The second-order valence-corrected chi connectivity index (χ2v) is 5.51. The van der Waals surface area contributed by atoms with E-state index < -0.39 is 0 Å². The summed E-state index contributed by atoms with van der Waals surface area (Å²) in [4.78, 5) is 9.00. The number of hydrogen-bond donors (Lipinski definition) is 1. The van der Waals surface area contributed by atoms with Crippen LogP contribution in [0.1, 0.15) is 24.8 Å². The van der Waals surface area contributed by atoms with Gasteiger partial charge in [0, 0.05) is 26.2 Å². The summed E-state index contributed by atoms with van der Waals surface area (Å²) in [5.74, 6) is 0.720. The zero-order valence-electron chi connectivity index (χ0n) is 12.5. The molecule has 0 spiro atoms. The van der Waals surface area contributed by atoms with Crippen LogP contribution >= 0.6 is 0 Å². The van der Waals surface area contributed by atoms with E-state index in [0.29, 0.717) is 0 Å². The molecule has 0 aromatic heterocycles. The van der Waals surface area contributed by atoms with Crippen molar-refractivity contribution in [2.24, 2.45) is 10.7 Å². The molecule has 1 saturated heterocycles. The van der Waals surface area contributed by atoms with Gasteiger partial charge in [0.05, 0.1) is 6.54 Å². The molecule has 4 heteroatoms. The highest BCUT2D eigenvalue weighted by atomic mass is 15.3. The highest BCUT2D eigenvalue weighted by Crippen LogP contribution is 2.08. The molecule has 20 heavy (non-hydrogen) atoms. The second-order valence-electron chi connectivity index (χ2n) is 5.51. The molecule has 1 fully saturated rings. The molecule has 2 rings (SSSR count). The molecule has 1 heterocycles. The Kier molecular flexibility index (Phi) is 5.87. The first-order chi connectivity index (χ1) is 9.75. The van der Waals surface area contributed by atoms with Gasteiger partial charge in [-0.3, -0.25) is 4.99 Å². The Hall–Kier alpha value is -1.55. The van der Waals surface area contributed by atoms with Gasteiger partial charge in [-0.25, -0.2) is 0 Å². The lowest BCUT2D eigenvalue weighted by atomic mass is 10.1. The minimum atomic E-state index is 0.720. The number of likely N-dealkylation sites (N-methyl/N-ethyl adjacent to an activating group) is 1. The molecule has 0 saturated carbocycles. The number of benzene rings is 1. The van der Waals surface area contributed by atoms with Crippen LogP contribution in [0.25, 0.3) is 0 Å². The van der Waals surface area contributed by atoms with Gasteiger partial charge in [0.15, 0.2) is 5.96 Å². The Balaban J connectivity index is 1.71. The number of nitrogens with zero attached hydrogens (tertiary/aromatic N) is 3. The van der Waals surface area contributed by atoms with E-state index in [2.05, 4.69) is 46.1 Å². The molecule has 4 nitrogen and oxygen atoms in total. The number of guanidine groups is 1. The van der Waals surface area contributed by atoms with Gasteiger partial charge in [-0.15, -0.1) is 0 Å². The van der Waals surface area contributed by atoms with Crippen molar-refractivity contribution in [2.45, 2.75) is 25.8 Å². The van der Waals surface area contributed by atoms with Gasteiger partial charge in [0.2, 0.25) is 0 Å². The Bertz CT molecular complexity index is 410. The molecule has 0 amide bonds. The number of nitrogens with two attached hydrogens (primary N) is 1. The Morgan fingerprint density at radius 2 is 1.90 bits per heavy atom. The predicted molar refractivity (Wildman–Crippen MR) is 84.7 cm³/mol. The average Bonchev–Trinajstić information content (AvgIpc) is 2.49. The highest BCUT2D eigenvalue weighted by molar-refractivity contribution is 5.78. The predicted octanol–water partition coefficient (Wildman–Crippen LogP) is 1.92. The van der Waals surface area contributed by atoms with E-state index in [-0.39, 0.29) is 0 Å². The Labute approximate surface area is 122 Å². The van der Waals surface area contributed by atoms with Crippen LogP contribution < -0.4 is 5.73 Å². The fourth-order valence-corrected chi connectivity index (χ4v) is 2.53.